The minimum absolute atomic E-state index is 0.0450. The minimum Gasteiger partial charge on any atom is -0.309 e. The third-order valence-corrected chi connectivity index (χ3v) is 10.6. The zero-order valence-corrected chi connectivity index (χ0v) is 21.3. The molecule has 176 valence electrons. The van der Waals surface area contributed by atoms with Crippen LogP contribution in [0.15, 0.2) is 15.8 Å². The number of piperazine rings is 1. The fourth-order valence-corrected chi connectivity index (χ4v) is 8.44. The summed E-state index contributed by atoms with van der Waals surface area (Å²) in [5.41, 5.74) is 4.81. The van der Waals surface area contributed by atoms with E-state index >= 15 is 0 Å². The van der Waals surface area contributed by atoms with Gasteiger partial charge >= 0.3 is 0 Å². The van der Waals surface area contributed by atoms with Gasteiger partial charge in [0.2, 0.25) is 10.0 Å². The van der Waals surface area contributed by atoms with Crippen molar-refractivity contribution in [3.05, 3.63) is 54.9 Å². The molecule has 0 atom stereocenters. The highest BCUT2D eigenvalue weighted by Gasteiger charge is 2.32. The first-order chi connectivity index (χ1) is 15.7. The molecule has 1 N–H and O–H groups in total. The third-order valence-electron chi connectivity index (χ3n) is 7.22. The monoisotopic (exact) mass is 486 g/mol. The molecule has 1 fully saturated rings. The third kappa shape index (κ3) is 3.84. The van der Waals surface area contributed by atoms with Crippen molar-refractivity contribution < 1.29 is 8.42 Å². The molecule has 3 aromatic rings. The van der Waals surface area contributed by atoms with Gasteiger partial charge < -0.3 is 4.98 Å². The molecule has 9 heteroatoms. The molecule has 3 heterocycles. The summed E-state index contributed by atoms with van der Waals surface area (Å²) in [4.78, 5) is 25.2. The van der Waals surface area contributed by atoms with E-state index in [1.54, 1.807) is 15.6 Å². The second-order valence-corrected chi connectivity index (χ2v) is 12.3. The van der Waals surface area contributed by atoms with Crippen LogP contribution >= 0.6 is 11.3 Å². The molecule has 2 aliphatic rings. The molecule has 0 spiro atoms. The summed E-state index contributed by atoms with van der Waals surface area (Å²) in [5, 5.41) is 0.770. The van der Waals surface area contributed by atoms with Gasteiger partial charge in [-0.05, 0) is 74.8 Å². The number of H-pyrrole nitrogens is 1. The van der Waals surface area contributed by atoms with Crippen LogP contribution in [0.2, 0.25) is 0 Å². The fourth-order valence-electron chi connectivity index (χ4n) is 5.16. The molecule has 1 saturated heterocycles. The topological polar surface area (TPSA) is 86.4 Å². The quantitative estimate of drug-likeness (QED) is 0.612. The summed E-state index contributed by atoms with van der Waals surface area (Å²) in [7, 11) is -3.56. The molecular formula is C24H30N4O3S2. The Balaban J connectivity index is 1.32. The number of benzene rings is 1. The summed E-state index contributed by atoms with van der Waals surface area (Å²) in [6.45, 7) is 10.3. The number of nitrogens with zero attached hydrogens (tertiary/aromatic N) is 3. The number of aromatic nitrogens is 2. The average Bonchev–Trinajstić information content (AvgIpc) is 3.33. The van der Waals surface area contributed by atoms with Crippen molar-refractivity contribution in [2.24, 2.45) is 0 Å². The summed E-state index contributed by atoms with van der Waals surface area (Å²) < 4.78 is 28.6. The predicted molar refractivity (Wildman–Crippen MR) is 132 cm³/mol. The van der Waals surface area contributed by atoms with Crippen LogP contribution in [0.3, 0.4) is 0 Å². The molecule has 33 heavy (non-hydrogen) atoms. The van der Waals surface area contributed by atoms with E-state index in [1.807, 2.05) is 27.7 Å². The first-order valence-corrected chi connectivity index (χ1v) is 13.8. The summed E-state index contributed by atoms with van der Waals surface area (Å²) >= 11 is 1.65. The van der Waals surface area contributed by atoms with Gasteiger partial charge in [-0.15, -0.1) is 11.3 Å². The van der Waals surface area contributed by atoms with Gasteiger partial charge in [0.25, 0.3) is 5.56 Å². The lowest BCUT2D eigenvalue weighted by atomic mass is 10.0. The van der Waals surface area contributed by atoms with Gasteiger partial charge in [-0.25, -0.2) is 13.4 Å². The Hall–Kier alpha value is -2.07. The Kier molecular flexibility index (Phi) is 5.71. The van der Waals surface area contributed by atoms with E-state index < -0.39 is 10.0 Å². The van der Waals surface area contributed by atoms with Crippen molar-refractivity contribution in [3.8, 4) is 0 Å². The van der Waals surface area contributed by atoms with E-state index in [0.29, 0.717) is 43.4 Å². The molecule has 1 aromatic carbocycles. The SMILES string of the molecule is Cc1cc(C)c(C)c(S(=O)(=O)N2CCN(Cc3nc4sc5c(c4c(=O)[nH]3)CCC5)CC2)c1C. The molecule has 5 rings (SSSR count). The van der Waals surface area contributed by atoms with Crippen LogP contribution in [0.1, 0.15) is 44.9 Å². The number of sulfonamides is 1. The summed E-state index contributed by atoms with van der Waals surface area (Å²) in [5.74, 6) is 0.657. The molecule has 0 amide bonds. The number of hydrogen-bond acceptors (Lipinski definition) is 6. The van der Waals surface area contributed by atoms with Gasteiger partial charge in [0.1, 0.15) is 10.7 Å². The first kappa shape index (κ1) is 22.7. The van der Waals surface area contributed by atoms with Crippen molar-refractivity contribution in [2.45, 2.75) is 58.4 Å². The zero-order valence-electron chi connectivity index (χ0n) is 19.6. The Bertz CT molecular complexity index is 1390. The number of nitrogens with one attached hydrogen (secondary N) is 1. The van der Waals surface area contributed by atoms with E-state index in [4.69, 9.17) is 4.98 Å². The van der Waals surface area contributed by atoms with Gasteiger partial charge in [-0.1, -0.05) is 6.07 Å². The molecule has 2 aromatic heterocycles. The van der Waals surface area contributed by atoms with E-state index in [2.05, 4.69) is 16.0 Å². The van der Waals surface area contributed by atoms with Gasteiger partial charge in [0.15, 0.2) is 0 Å². The largest absolute Gasteiger partial charge is 0.309 e. The second-order valence-electron chi connectivity index (χ2n) is 9.32. The fraction of sp³-hybridized carbons (Fsp3) is 0.500. The van der Waals surface area contributed by atoms with Crippen molar-refractivity contribution in [1.29, 1.82) is 0 Å². The maximum Gasteiger partial charge on any atom is 0.259 e. The molecule has 7 nitrogen and oxygen atoms in total. The molecule has 0 unspecified atom stereocenters. The van der Waals surface area contributed by atoms with Crippen LogP contribution in [0.25, 0.3) is 10.2 Å². The lowest BCUT2D eigenvalue weighted by Gasteiger charge is -2.34. The number of aryl methyl sites for hydroxylation is 4. The van der Waals surface area contributed by atoms with Crippen LogP contribution in [-0.2, 0) is 29.4 Å². The Morgan fingerprint density at radius 2 is 1.70 bits per heavy atom. The van der Waals surface area contributed by atoms with Crippen LogP contribution < -0.4 is 5.56 Å². The molecule has 1 aliphatic carbocycles. The second kappa shape index (κ2) is 8.30. The number of fused-ring (bicyclic) bond motifs is 3. The standard InChI is InChI=1S/C24H30N4O3S2/c1-14-12-15(2)17(4)22(16(14)3)33(30,31)28-10-8-27(9-11-28)13-20-25-23(29)21-18-6-5-7-19(18)32-24(21)26-20/h12H,5-11,13H2,1-4H3,(H,25,26,29). The number of hydrogen-bond donors (Lipinski definition) is 1. The normalized spacial score (nSPS) is 17.7. The molecular weight excluding hydrogens is 456 g/mol. The predicted octanol–water partition coefficient (Wildman–Crippen LogP) is 3.21. The van der Waals surface area contributed by atoms with Crippen LogP contribution in [0, 0.1) is 27.7 Å². The summed E-state index contributed by atoms with van der Waals surface area (Å²) in [6.07, 6.45) is 3.13. The number of aromatic amines is 1. The number of thiophene rings is 1. The lowest BCUT2D eigenvalue weighted by Crippen LogP contribution is -2.48. The Morgan fingerprint density at radius 1 is 1.03 bits per heavy atom. The Morgan fingerprint density at radius 3 is 2.36 bits per heavy atom. The van der Waals surface area contributed by atoms with E-state index in [0.717, 1.165) is 51.7 Å². The first-order valence-electron chi connectivity index (χ1n) is 11.5. The zero-order chi connectivity index (χ0) is 23.5. The highest BCUT2D eigenvalue weighted by atomic mass is 32.2. The van der Waals surface area contributed by atoms with E-state index in [1.165, 1.54) is 10.4 Å². The summed E-state index contributed by atoms with van der Waals surface area (Å²) in [6, 6.07) is 2.05. The molecule has 0 bridgehead atoms. The molecule has 0 saturated carbocycles. The van der Waals surface area contributed by atoms with Crippen LogP contribution in [0.5, 0.6) is 0 Å². The highest BCUT2D eigenvalue weighted by molar-refractivity contribution is 7.89. The Labute approximate surface area is 198 Å². The van der Waals surface area contributed by atoms with Gasteiger partial charge in [0, 0.05) is 31.1 Å². The maximum absolute atomic E-state index is 13.5. The van der Waals surface area contributed by atoms with Crippen molar-refractivity contribution in [1.82, 2.24) is 19.2 Å². The van der Waals surface area contributed by atoms with Gasteiger partial charge in [-0.3, -0.25) is 9.69 Å². The molecule has 0 radical (unpaired) electrons. The van der Waals surface area contributed by atoms with Gasteiger partial charge in [-0.2, -0.15) is 4.31 Å². The molecule has 1 aliphatic heterocycles. The van der Waals surface area contributed by atoms with Crippen LogP contribution in [0.4, 0.5) is 0 Å². The smallest absolute Gasteiger partial charge is 0.259 e. The van der Waals surface area contributed by atoms with E-state index in [-0.39, 0.29) is 5.56 Å². The minimum atomic E-state index is -3.56. The maximum atomic E-state index is 13.5. The highest BCUT2D eigenvalue weighted by Crippen LogP contribution is 2.34. The van der Waals surface area contributed by atoms with Crippen LogP contribution in [-0.4, -0.2) is 53.8 Å². The lowest BCUT2D eigenvalue weighted by molar-refractivity contribution is 0.178. The van der Waals surface area contributed by atoms with Gasteiger partial charge in [0.05, 0.1) is 16.8 Å². The van der Waals surface area contributed by atoms with Crippen molar-refractivity contribution in [2.75, 3.05) is 26.2 Å². The van der Waals surface area contributed by atoms with Crippen molar-refractivity contribution >= 4 is 31.6 Å². The average molecular weight is 487 g/mol. The van der Waals surface area contributed by atoms with E-state index in [9.17, 15) is 13.2 Å². The van der Waals surface area contributed by atoms with Crippen molar-refractivity contribution in [3.63, 3.8) is 0 Å². The number of rotatable bonds is 4.